The molecule has 2 rings (SSSR count). The third-order valence-corrected chi connectivity index (χ3v) is 4.20. The van der Waals surface area contributed by atoms with Crippen LogP contribution in [-0.4, -0.2) is 22.4 Å². The van der Waals surface area contributed by atoms with Gasteiger partial charge in [0.05, 0.1) is 12.5 Å². The number of hydrogen-bond donors (Lipinski definition) is 3. The first-order chi connectivity index (χ1) is 11.1. The summed E-state index contributed by atoms with van der Waals surface area (Å²) in [5.41, 5.74) is 1.75. The molecular weight excluding hydrogens is 328 g/mol. The average molecular weight is 346 g/mol. The van der Waals surface area contributed by atoms with E-state index >= 15 is 0 Å². The van der Waals surface area contributed by atoms with Crippen molar-refractivity contribution in [2.75, 3.05) is 11.6 Å². The predicted octanol–water partition coefficient (Wildman–Crippen LogP) is 3.91. The fourth-order valence-electron chi connectivity index (χ4n) is 2.11. The molecule has 0 saturated carbocycles. The number of rotatable bonds is 6. The van der Waals surface area contributed by atoms with Crippen molar-refractivity contribution in [3.8, 4) is 0 Å². The highest BCUT2D eigenvalue weighted by Crippen LogP contribution is 2.21. The van der Waals surface area contributed by atoms with Gasteiger partial charge in [0, 0.05) is 10.6 Å². The van der Waals surface area contributed by atoms with E-state index < -0.39 is 5.97 Å². The first kappa shape index (κ1) is 17.3. The molecule has 0 saturated heterocycles. The van der Waals surface area contributed by atoms with Gasteiger partial charge in [-0.3, -0.25) is 4.79 Å². The standard InChI is InChI=1S/C17H18N2O2S2/c1-23-14-9-7-12(8-10-14)15(11-16(20)21)19-17(22)18-13-5-3-2-4-6-13/h2-10,15H,11H2,1H3,(H,20,21)(H2,18,19,22)/t15-/m0/s1. The summed E-state index contributed by atoms with van der Waals surface area (Å²) in [4.78, 5) is 12.3. The molecule has 0 aliphatic carbocycles. The van der Waals surface area contributed by atoms with Gasteiger partial charge in [0.1, 0.15) is 0 Å². The van der Waals surface area contributed by atoms with Crippen molar-refractivity contribution >= 4 is 40.7 Å². The molecule has 0 fully saturated rings. The Labute approximate surface area is 145 Å². The third-order valence-electron chi connectivity index (χ3n) is 3.23. The van der Waals surface area contributed by atoms with Gasteiger partial charge in [-0.1, -0.05) is 30.3 Å². The zero-order valence-electron chi connectivity index (χ0n) is 12.7. The van der Waals surface area contributed by atoms with Gasteiger partial charge in [-0.2, -0.15) is 0 Å². The summed E-state index contributed by atoms with van der Waals surface area (Å²) in [6.45, 7) is 0. The lowest BCUT2D eigenvalue weighted by Gasteiger charge is -2.20. The molecule has 0 radical (unpaired) electrons. The van der Waals surface area contributed by atoms with Crippen LogP contribution in [0, 0.1) is 0 Å². The second-order valence-corrected chi connectivity index (χ2v) is 6.18. The smallest absolute Gasteiger partial charge is 0.305 e. The van der Waals surface area contributed by atoms with E-state index in [0.29, 0.717) is 5.11 Å². The highest BCUT2D eigenvalue weighted by molar-refractivity contribution is 7.98. The van der Waals surface area contributed by atoms with E-state index in [1.165, 1.54) is 0 Å². The number of hydrogen-bond acceptors (Lipinski definition) is 3. The minimum Gasteiger partial charge on any atom is -0.481 e. The van der Waals surface area contributed by atoms with Crippen LogP contribution in [0.15, 0.2) is 59.5 Å². The van der Waals surface area contributed by atoms with Crippen LogP contribution in [0.2, 0.25) is 0 Å². The first-order valence-corrected chi connectivity index (χ1v) is 8.70. The number of nitrogens with one attached hydrogen (secondary N) is 2. The molecule has 2 aromatic rings. The summed E-state index contributed by atoms with van der Waals surface area (Å²) in [7, 11) is 0. The van der Waals surface area contributed by atoms with Crippen LogP contribution >= 0.6 is 24.0 Å². The van der Waals surface area contributed by atoms with Crippen molar-refractivity contribution in [1.29, 1.82) is 0 Å². The number of benzene rings is 2. The number of para-hydroxylation sites is 1. The molecule has 23 heavy (non-hydrogen) atoms. The number of carboxylic acid groups (broad SMARTS) is 1. The van der Waals surface area contributed by atoms with Gasteiger partial charge in [0.2, 0.25) is 0 Å². The van der Waals surface area contributed by atoms with Crippen molar-refractivity contribution in [3.63, 3.8) is 0 Å². The van der Waals surface area contributed by atoms with Crippen molar-refractivity contribution < 1.29 is 9.90 Å². The molecule has 0 bridgehead atoms. The van der Waals surface area contributed by atoms with E-state index in [1.807, 2.05) is 60.9 Å². The number of thioether (sulfide) groups is 1. The van der Waals surface area contributed by atoms with E-state index in [9.17, 15) is 4.79 Å². The van der Waals surface area contributed by atoms with Gasteiger partial charge in [-0.15, -0.1) is 11.8 Å². The van der Waals surface area contributed by atoms with Crippen LogP contribution < -0.4 is 10.6 Å². The molecular formula is C17H18N2O2S2. The Hall–Kier alpha value is -2.05. The van der Waals surface area contributed by atoms with E-state index in [2.05, 4.69) is 10.6 Å². The number of carbonyl (C=O) groups is 1. The maximum Gasteiger partial charge on any atom is 0.305 e. The van der Waals surface area contributed by atoms with Gasteiger partial charge in [0.15, 0.2) is 5.11 Å². The zero-order chi connectivity index (χ0) is 16.7. The molecule has 0 aliphatic heterocycles. The predicted molar refractivity (Wildman–Crippen MR) is 99.0 cm³/mol. The van der Waals surface area contributed by atoms with Gasteiger partial charge in [-0.05, 0) is 48.3 Å². The Kier molecular flexibility index (Phi) is 6.43. The summed E-state index contributed by atoms with van der Waals surface area (Å²) in [5.74, 6) is -0.876. The van der Waals surface area contributed by atoms with Crippen LogP contribution in [0.3, 0.4) is 0 Å². The number of thiocarbonyl (C=S) groups is 1. The molecule has 0 aromatic heterocycles. The Morgan fingerprint density at radius 1 is 1.17 bits per heavy atom. The van der Waals surface area contributed by atoms with E-state index in [4.69, 9.17) is 17.3 Å². The summed E-state index contributed by atoms with van der Waals surface area (Å²) in [6.07, 6.45) is 1.95. The van der Waals surface area contributed by atoms with Crippen molar-refractivity contribution in [2.45, 2.75) is 17.4 Å². The summed E-state index contributed by atoms with van der Waals surface area (Å²) in [6, 6.07) is 16.9. The molecule has 2 aromatic carbocycles. The highest BCUT2D eigenvalue weighted by Gasteiger charge is 2.16. The molecule has 0 unspecified atom stereocenters. The summed E-state index contributed by atoms with van der Waals surface area (Å²) >= 11 is 6.94. The molecule has 120 valence electrons. The summed E-state index contributed by atoms with van der Waals surface area (Å²) < 4.78 is 0. The van der Waals surface area contributed by atoms with Crippen molar-refractivity contribution in [3.05, 3.63) is 60.2 Å². The fraction of sp³-hybridized carbons (Fsp3) is 0.176. The topological polar surface area (TPSA) is 61.4 Å². The first-order valence-electron chi connectivity index (χ1n) is 7.07. The molecule has 3 N–H and O–H groups in total. The fourth-order valence-corrected chi connectivity index (χ4v) is 2.78. The van der Waals surface area contributed by atoms with E-state index in [-0.39, 0.29) is 12.5 Å². The summed E-state index contributed by atoms with van der Waals surface area (Å²) in [5, 5.41) is 15.7. The minimum absolute atomic E-state index is 0.0464. The number of aliphatic carboxylic acids is 1. The van der Waals surface area contributed by atoms with E-state index in [0.717, 1.165) is 16.1 Å². The van der Waals surface area contributed by atoms with Crippen LogP contribution in [0.5, 0.6) is 0 Å². The van der Waals surface area contributed by atoms with Crippen LogP contribution in [0.25, 0.3) is 0 Å². The SMILES string of the molecule is CSc1ccc([C@H](CC(=O)O)NC(=S)Nc2ccccc2)cc1. The van der Waals surface area contributed by atoms with Crippen molar-refractivity contribution in [1.82, 2.24) is 5.32 Å². The molecule has 1 atom stereocenters. The average Bonchev–Trinajstić information content (AvgIpc) is 2.55. The quantitative estimate of drug-likeness (QED) is 0.544. The maximum atomic E-state index is 11.1. The number of anilines is 1. The van der Waals surface area contributed by atoms with Gasteiger partial charge < -0.3 is 15.7 Å². The second kappa shape index (κ2) is 8.55. The Morgan fingerprint density at radius 2 is 1.83 bits per heavy atom. The number of carboxylic acids is 1. The lowest BCUT2D eigenvalue weighted by Crippen LogP contribution is -2.33. The van der Waals surface area contributed by atoms with Crippen LogP contribution in [0.4, 0.5) is 5.69 Å². The lowest BCUT2D eigenvalue weighted by molar-refractivity contribution is -0.137. The molecule has 0 spiro atoms. The van der Waals surface area contributed by atoms with Gasteiger partial charge >= 0.3 is 5.97 Å². The van der Waals surface area contributed by atoms with Crippen molar-refractivity contribution in [2.24, 2.45) is 0 Å². The molecule has 0 amide bonds. The normalized spacial score (nSPS) is 11.5. The largest absolute Gasteiger partial charge is 0.481 e. The van der Waals surface area contributed by atoms with Gasteiger partial charge in [0.25, 0.3) is 0 Å². The van der Waals surface area contributed by atoms with E-state index in [1.54, 1.807) is 11.8 Å². The lowest BCUT2D eigenvalue weighted by atomic mass is 10.0. The molecule has 6 heteroatoms. The van der Waals surface area contributed by atoms with Gasteiger partial charge in [-0.25, -0.2) is 0 Å². The molecule has 0 heterocycles. The second-order valence-electron chi connectivity index (χ2n) is 4.89. The molecule has 4 nitrogen and oxygen atoms in total. The Morgan fingerprint density at radius 3 is 2.39 bits per heavy atom. The Bertz CT molecular complexity index is 660. The highest BCUT2D eigenvalue weighted by atomic mass is 32.2. The molecule has 0 aliphatic rings. The monoisotopic (exact) mass is 346 g/mol. The Balaban J connectivity index is 2.08. The third kappa shape index (κ3) is 5.58. The van der Waals surface area contributed by atoms with Crippen LogP contribution in [0.1, 0.15) is 18.0 Å². The minimum atomic E-state index is -0.876. The zero-order valence-corrected chi connectivity index (χ0v) is 14.3. The van der Waals surface area contributed by atoms with Crippen LogP contribution in [-0.2, 0) is 4.79 Å². The maximum absolute atomic E-state index is 11.1.